The van der Waals surface area contributed by atoms with Gasteiger partial charge in [-0.3, -0.25) is 9.59 Å². The molecule has 242 valence electrons. The minimum Gasteiger partial charge on any atom is -0.444 e. The summed E-state index contributed by atoms with van der Waals surface area (Å²) in [6.07, 6.45) is 2.35. The second-order valence-corrected chi connectivity index (χ2v) is 12.2. The smallest absolute Gasteiger partial charge is 0.407 e. The van der Waals surface area contributed by atoms with Gasteiger partial charge in [0.15, 0.2) is 0 Å². The van der Waals surface area contributed by atoms with Crippen LogP contribution in [0.15, 0.2) is 60.7 Å². The number of alkyl carbamates (subject to hydrolysis) is 1. The monoisotopic (exact) mass is 628 g/mol. The first kappa shape index (κ1) is 33.9. The Morgan fingerprint density at radius 2 is 1.87 bits per heavy atom. The fourth-order valence-electron chi connectivity index (χ4n) is 5.32. The Morgan fingerprint density at radius 3 is 2.63 bits per heavy atom. The van der Waals surface area contributed by atoms with Gasteiger partial charge in [0.25, 0.3) is 5.91 Å². The number of benzene rings is 2. The van der Waals surface area contributed by atoms with Crippen molar-refractivity contribution in [2.24, 2.45) is 0 Å². The lowest BCUT2D eigenvalue weighted by molar-refractivity contribution is -0.132. The van der Waals surface area contributed by atoms with Crippen molar-refractivity contribution in [3.8, 4) is 17.3 Å². The van der Waals surface area contributed by atoms with Crippen LogP contribution in [0.1, 0.15) is 67.9 Å². The summed E-state index contributed by atoms with van der Waals surface area (Å²) < 4.78 is 18.9. The molecule has 1 saturated heterocycles. The van der Waals surface area contributed by atoms with E-state index in [2.05, 4.69) is 22.0 Å². The first-order valence-electron chi connectivity index (χ1n) is 15.6. The number of nitriles is 1. The number of nitrogens with one attached hydrogen (secondary N) is 3. The predicted molar refractivity (Wildman–Crippen MR) is 174 cm³/mol. The third-order valence-corrected chi connectivity index (χ3v) is 7.49. The molecule has 0 bridgehead atoms. The van der Waals surface area contributed by atoms with E-state index in [1.165, 1.54) is 12.1 Å². The van der Waals surface area contributed by atoms with Crippen molar-refractivity contribution in [2.45, 2.75) is 64.5 Å². The Hall–Kier alpha value is -4.98. The average Bonchev–Trinajstić information content (AvgIpc) is 3.50. The minimum absolute atomic E-state index is 0.0235. The molecule has 10 nitrogen and oxygen atoms in total. The number of pyridine rings is 1. The van der Waals surface area contributed by atoms with Gasteiger partial charge in [0.2, 0.25) is 5.91 Å². The van der Waals surface area contributed by atoms with Crippen LogP contribution in [0, 0.1) is 17.1 Å². The van der Waals surface area contributed by atoms with Crippen LogP contribution in [-0.2, 0) is 16.0 Å². The van der Waals surface area contributed by atoms with Gasteiger partial charge in [0.05, 0.1) is 22.9 Å². The van der Waals surface area contributed by atoms with E-state index >= 15 is 0 Å². The maximum Gasteiger partial charge on any atom is 0.407 e. The minimum atomic E-state index is -0.590. The lowest BCUT2D eigenvalue weighted by Crippen LogP contribution is -2.43. The molecule has 4 rings (SSSR count). The standard InChI is InChI=1S/C35H41FN6O4/c1-35(2,3)46-34(45)39-18-7-14-31(43)42-20-8-12-27(42)23-40-33(44)29-15-16-30(28-13-5-4-10-25(28)22-37)41-32(29)38-19-17-24-9-6-11-26(36)21-24/h4-6,9-11,13,15-16,21,27H,7-8,12,14,17-20,23H2,1-3H3,(H,38,41)(H,39,45)(H,40,44). The Bertz CT molecular complexity index is 1580. The van der Waals surface area contributed by atoms with E-state index in [-0.39, 0.29) is 36.6 Å². The van der Waals surface area contributed by atoms with E-state index in [4.69, 9.17) is 9.72 Å². The van der Waals surface area contributed by atoms with Crippen molar-refractivity contribution in [1.82, 2.24) is 20.5 Å². The second kappa shape index (κ2) is 15.8. The fourth-order valence-corrected chi connectivity index (χ4v) is 5.32. The number of carbonyl (C=O) groups is 3. The van der Waals surface area contributed by atoms with E-state index in [1.807, 2.05) is 12.1 Å². The van der Waals surface area contributed by atoms with Crippen molar-refractivity contribution < 1.29 is 23.5 Å². The van der Waals surface area contributed by atoms with E-state index in [1.54, 1.807) is 62.1 Å². The SMILES string of the molecule is CC(C)(C)OC(=O)NCCCC(=O)N1CCCC1CNC(=O)c1ccc(-c2ccccc2C#N)nc1NCCc1cccc(F)c1. The van der Waals surface area contributed by atoms with Gasteiger partial charge in [-0.05, 0) is 82.3 Å². The summed E-state index contributed by atoms with van der Waals surface area (Å²) >= 11 is 0. The first-order valence-corrected chi connectivity index (χ1v) is 15.6. The van der Waals surface area contributed by atoms with Crippen LogP contribution in [-0.4, -0.2) is 65.6 Å². The van der Waals surface area contributed by atoms with E-state index in [0.717, 1.165) is 18.4 Å². The van der Waals surface area contributed by atoms with Crippen molar-refractivity contribution in [2.75, 3.05) is 31.5 Å². The molecule has 0 spiro atoms. The number of rotatable bonds is 12. The summed E-state index contributed by atoms with van der Waals surface area (Å²) in [4.78, 5) is 44.8. The molecule has 1 aromatic heterocycles. The number of ether oxygens (including phenoxy) is 1. The zero-order chi connectivity index (χ0) is 33.1. The maximum absolute atomic E-state index is 13.7. The molecule has 0 radical (unpaired) electrons. The van der Waals surface area contributed by atoms with Gasteiger partial charge >= 0.3 is 6.09 Å². The molecule has 1 atom stereocenters. The van der Waals surface area contributed by atoms with Gasteiger partial charge in [-0.15, -0.1) is 0 Å². The molecule has 0 saturated carbocycles. The first-order chi connectivity index (χ1) is 22.0. The molecule has 3 amide bonds. The van der Waals surface area contributed by atoms with Crippen LogP contribution >= 0.6 is 0 Å². The summed E-state index contributed by atoms with van der Waals surface area (Å²) in [5.74, 6) is -0.343. The quantitative estimate of drug-likeness (QED) is 0.227. The van der Waals surface area contributed by atoms with Crippen LogP contribution in [0.5, 0.6) is 0 Å². The van der Waals surface area contributed by atoms with E-state index in [0.29, 0.717) is 60.7 Å². The molecule has 3 aromatic rings. The normalized spacial score (nSPS) is 14.3. The predicted octanol–water partition coefficient (Wildman–Crippen LogP) is 5.44. The molecule has 1 aliphatic heterocycles. The molecule has 46 heavy (non-hydrogen) atoms. The summed E-state index contributed by atoms with van der Waals surface area (Å²) in [5, 5.41) is 18.5. The fraction of sp³-hybridized carbons (Fsp3) is 0.400. The van der Waals surface area contributed by atoms with E-state index in [9.17, 15) is 24.0 Å². The Labute approximate surface area is 269 Å². The maximum atomic E-state index is 13.7. The third-order valence-electron chi connectivity index (χ3n) is 7.49. The highest BCUT2D eigenvalue weighted by Crippen LogP contribution is 2.25. The van der Waals surface area contributed by atoms with Gasteiger partial charge in [0.1, 0.15) is 17.2 Å². The zero-order valence-electron chi connectivity index (χ0n) is 26.6. The molecule has 1 unspecified atom stereocenters. The lowest BCUT2D eigenvalue weighted by Gasteiger charge is -2.25. The highest BCUT2D eigenvalue weighted by atomic mass is 19.1. The zero-order valence-corrected chi connectivity index (χ0v) is 26.6. The van der Waals surface area contributed by atoms with Crippen LogP contribution in [0.2, 0.25) is 0 Å². The van der Waals surface area contributed by atoms with Crippen LogP contribution in [0.3, 0.4) is 0 Å². The van der Waals surface area contributed by atoms with Gasteiger partial charge in [0, 0.05) is 44.2 Å². The highest BCUT2D eigenvalue weighted by molar-refractivity contribution is 5.99. The number of hydrogen-bond acceptors (Lipinski definition) is 7. The van der Waals surface area contributed by atoms with Gasteiger partial charge in [-0.2, -0.15) is 5.26 Å². The summed E-state index contributed by atoms with van der Waals surface area (Å²) in [6.45, 7) is 6.98. The van der Waals surface area contributed by atoms with Crippen molar-refractivity contribution >= 4 is 23.7 Å². The molecular formula is C35H41FN6O4. The molecule has 1 aliphatic rings. The summed E-state index contributed by atoms with van der Waals surface area (Å²) in [5.41, 5.74) is 2.18. The van der Waals surface area contributed by atoms with Crippen LogP contribution in [0.4, 0.5) is 15.0 Å². The van der Waals surface area contributed by atoms with Gasteiger partial charge < -0.3 is 25.6 Å². The number of carbonyl (C=O) groups excluding carboxylic acids is 3. The third kappa shape index (κ3) is 9.76. The molecule has 2 aromatic carbocycles. The molecule has 0 aliphatic carbocycles. The Balaban J connectivity index is 1.39. The molecule has 3 N–H and O–H groups in total. The Kier molecular flexibility index (Phi) is 11.7. The molecular weight excluding hydrogens is 587 g/mol. The number of amides is 3. The number of halogens is 1. The number of likely N-dealkylation sites (tertiary alicyclic amines) is 1. The van der Waals surface area contributed by atoms with Crippen molar-refractivity contribution in [3.63, 3.8) is 0 Å². The van der Waals surface area contributed by atoms with Gasteiger partial charge in [-0.25, -0.2) is 14.2 Å². The average molecular weight is 629 g/mol. The molecule has 11 heteroatoms. The highest BCUT2D eigenvalue weighted by Gasteiger charge is 2.29. The van der Waals surface area contributed by atoms with Crippen molar-refractivity contribution in [1.29, 1.82) is 5.26 Å². The second-order valence-electron chi connectivity index (χ2n) is 12.2. The Morgan fingerprint density at radius 1 is 1.07 bits per heavy atom. The largest absolute Gasteiger partial charge is 0.444 e. The number of aromatic nitrogens is 1. The number of nitrogens with zero attached hydrogens (tertiary/aromatic N) is 3. The topological polar surface area (TPSA) is 136 Å². The summed E-state index contributed by atoms with van der Waals surface area (Å²) in [6, 6.07) is 18.9. The lowest BCUT2D eigenvalue weighted by atomic mass is 10.0. The van der Waals surface area contributed by atoms with E-state index < -0.39 is 11.7 Å². The number of hydrogen-bond donors (Lipinski definition) is 3. The molecule has 2 heterocycles. The van der Waals surface area contributed by atoms with Crippen LogP contribution in [0.25, 0.3) is 11.3 Å². The summed E-state index contributed by atoms with van der Waals surface area (Å²) in [7, 11) is 0. The van der Waals surface area contributed by atoms with Gasteiger partial charge in [-0.1, -0.05) is 30.3 Å². The molecule has 1 fully saturated rings. The number of anilines is 1. The van der Waals surface area contributed by atoms with Crippen molar-refractivity contribution in [3.05, 3.63) is 83.2 Å². The van der Waals surface area contributed by atoms with Crippen LogP contribution < -0.4 is 16.0 Å².